The van der Waals surface area contributed by atoms with Crippen molar-refractivity contribution in [1.29, 1.82) is 0 Å². The van der Waals surface area contributed by atoms with E-state index in [-0.39, 0.29) is 30.3 Å². The molecule has 5 nitrogen and oxygen atoms in total. The van der Waals surface area contributed by atoms with Crippen LogP contribution in [-0.2, 0) is 9.53 Å². The molecule has 20 heavy (non-hydrogen) atoms. The summed E-state index contributed by atoms with van der Waals surface area (Å²) in [6.45, 7) is 3.93. The average molecular weight is 281 g/mol. The number of ether oxygens (including phenoxy) is 1. The molecular formula is C14H20FN3O2. The lowest BCUT2D eigenvalue weighted by Gasteiger charge is -2.34. The van der Waals surface area contributed by atoms with E-state index >= 15 is 0 Å². The molecule has 0 bridgehead atoms. The Hall–Kier alpha value is -1.50. The number of carbonyl (C=O) groups excluding carboxylic acids is 1. The van der Waals surface area contributed by atoms with Crippen LogP contribution in [0.15, 0.2) is 24.3 Å². The molecule has 0 aliphatic carbocycles. The third-order valence-electron chi connectivity index (χ3n) is 3.28. The smallest absolute Gasteiger partial charge is 0.238 e. The molecular weight excluding hydrogens is 261 g/mol. The molecule has 1 amide bonds. The van der Waals surface area contributed by atoms with Crippen LogP contribution in [0.3, 0.4) is 0 Å². The minimum absolute atomic E-state index is 0.0648. The van der Waals surface area contributed by atoms with Crippen LogP contribution in [-0.4, -0.2) is 49.2 Å². The van der Waals surface area contributed by atoms with Gasteiger partial charge in [-0.2, -0.15) is 0 Å². The summed E-state index contributed by atoms with van der Waals surface area (Å²) in [5, 5.41) is 2.57. The van der Waals surface area contributed by atoms with Gasteiger partial charge in [0.15, 0.2) is 0 Å². The SMILES string of the molecule is CC(N)C1CN(CC(=O)Nc2ccccc2F)CCO1. The molecule has 0 radical (unpaired) electrons. The van der Waals surface area contributed by atoms with Gasteiger partial charge in [0.05, 0.1) is 24.9 Å². The maximum absolute atomic E-state index is 13.4. The van der Waals surface area contributed by atoms with Crippen molar-refractivity contribution >= 4 is 11.6 Å². The van der Waals surface area contributed by atoms with E-state index in [1.54, 1.807) is 12.1 Å². The molecule has 0 saturated carbocycles. The van der Waals surface area contributed by atoms with Gasteiger partial charge in [0.2, 0.25) is 5.91 Å². The molecule has 2 atom stereocenters. The predicted molar refractivity (Wildman–Crippen MR) is 74.9 cm³/mol. The van der Waals surface area contributed by atoms with E-state index in [0.717, 1.165) is 0 Å². The number of para-hydroxylation sites is 1. The van der Waals surface area contributed by atoms with Crippen LogP contribution in [0.2, 0.25) is 0 Å². The van der Waals surface area contributed by atoms with Crippen molar-refractivity contribution < 1.29 is 13.9 Å². The molecule has 2 unspecified atom stereocenters. The molecule has 3 N–H and O–H groups in total. The highest BCUT2D eigenvalue weighted by Crippen LogP contribution is 2.13. The zero-order valence-corrected chi connectivity index (χ0v) is 11.5. The Morgan fingerprint density at radius 2 is 2.35 bits per heavy atom. The van der Waals surface area contributed by atoms with Crippen molar-refractivity contribution in [1.82, 2.24) is 4.90 Å². The second-order valence-electron chi connectivity index (χ2n) is 5.03. The minimum Gasteiger partial charge on any atom is -0.374 e. The van der Waals surface area contributed by atoms with E-state index in [2.05, 4.69) is 5.32 Å². The van der Waals surface area contributed by atoms with Gasteiger partial charge in [-0.1, -0.05) is 12.1 Å². The first-order chi connectivity index (χ1) is 9.56. The summed E-state index contributed by atoms with van der Waals surface area (Å²) in [4.78, 5) is 13.9. The molecule has 6 heteroatoms. The van der Waals surface area contributed by atoms with Crippen molar-refractivity contribution in [3.8, 4) is 0 Å². The van der Waals surface area contributed by atoms with Crippen LogP contribution in [0.5, 0.6) is 0 Å². The topological polar surface area (TPSA) is 67.6 Å². The number of anilines is 1. The van der Waals surface area contributed by atoms with Gasteiger partial charge < -0.3 is 15.8 Å². The summed E-state index contributed by atoms with van der Waals surface area (Å²) in [6.07, 6.45) is -0.0648. The fourth-order valence-corrected chi connectivity index (χ4v) is 2.15. The summed E-state index contributed by atoms with van der Waals surface area (Å²) in [7, 11) is 0. The van der Waals surface area contributed by atoms with Crippen molar-refractivity contribution in [2.45, 2.75) is 19.1 Å². The van der Waals surface area contributed by atoms with Gasteiger partial charge >= 0.3 is 0 Å². The Bertz CT molecular complexity index is 467. The number of rotatable bonds is 4. The van der Waals surface area contributed by atoms with Crippen LogP contribution >= 0.6 is 0 Å². The zero-order valence-electron chi connectivity index (χ0n) is 11.5. The first-order valence-electron chi connectivity index (χ1n) is 6.70. The lowest BCUT2D eigenvalue weighted by Crippen LogP contribution is -2.51. The number of benzene rings is 1. The van der Waals surface area contributed by atoms with E-state index in [1.807, 2.05) is 11.8 Å². The number of amides is 1. The first-order valence-corrected chi connectivity index (χ1v) is 6.70. The third-order valence-corrected chi connectivity index (χ3v) is 3.28. The predicted octanol–water partition coefficient (Wildman–Crippen LogP) is 0.812. The molecule has 1 heterocycles. The molecule has 1 aliphatic heterocycles. The van der Waals surface area contributed by atoms with Crippen LogP contribution in [0.4, 0.5) is 10.1 Å². The molecule has 0 aromatic heterocycles. The summed E-state index contributed by atoms with van der Waals surface area (Å²) < 4.78 is 19.0. The molecule has 1 saturated heterocycles. The number of hydrogen-bond acceptors (Lipinski definition) is 4. The van der Waals surface area contributed by atoms with Gasteiger partial charge in [-0.15, -0.1) is 0 Å². The second kappa shape index (κ2) is 6.78. The van der Waals surface area contributed by atoms with Crippen molar-refractivity contribution in [2.75, 3.05) is 31.6 Å². The summed E-state index contributed by atoms with van der Waals surface area (Å²) in [5.74, 6) is -0.670. The number of nitrogens with zero attached hydrogens (tertiary/aromatic N) is 1. The number of hydrogen-bond donors (Lipinski definition) is 2. The second-order valence-corrected chi connectivity index (χ2v) is 5.03. The van der Waals surface area contributed by atoms with Crippen molar-refractivity contribution in [3.63, 3.8) is 0 Å². The highest BCUT2D eigenvalue weighted by Gasteiger charge is 2.24. The number of nitrogens with two attached hydrogens (primary N) is 1. The van der Waals surface area contributed by atoms with Gasteiger partial charge in [0, 0.05) is 19.1 Å². The quantitative estimate of drug-likeness (QED) is 0.857. The maximum atomic E-state index is 13.4. The largest absolute Gasteiger partial charge is 0.374 e. The van der Waals surface area contributed by atoms with E-state index < -0.39 is 5.82 Å². The maximum Gasteiger partial charge on any atom is 0.238 e. The number of morpholine rings is 1. The highest BCUT2D eigenvalue weighted by atomic mass is 19.1. The number of halogens is 1. The van der Waals surface area contributed by atoms with Crippen LogP contribution < -0.4 is 11.1 Å². The highest BCUT2D eigenvalue weighted by molar-refractivity contribution is 5.92. The van der Waals surface area contributed by atoms with E-state index in [0.29, 0.717) is 19.7 Å². The Morgan fingerprint density at radius 3 is 3.05 bits per heavy atom. The third kappa shape index (κ3) is 4.00. The Morgan fingerprint density at radius 1 is 1.60 bits per heavy atom. The molecule has 1 aromatic carbocycles. The molecule has 1 fully saturated rings. The summed E-state index contributed by atoms with van der Waals surface area (Å²) in [6, 6.07) is 6.04. The van der Waals surface area contributed by atoms with Crippen LogP contribution in [0, 0.1) is 5.82 Å². The fourth-order valence-electron chi connectivity index (χ4n) is 2.15. The minimum atomic E-state index is -0.434. The van der Waals surface area contributed by atoms with Gasteiger partial charge in [0.1, 0.15) is 5.82 Å². The van der Waals surface area contributed by atoms with Crippen molar-refractivity contribution in [3.05, 3.63) is 30.1 Å². The first kappa shape index (κ1) is 14.9. The lowest BCUT2D eigenvalue weighted by atomic mass is 10.1. The Balaban J connectivity index is 1.87. The molecule has 110 valence electrons. The van der Waals surface area contributed by atoms with E-state index in [4.69, 9.17) is 10.5 Å². The Labute approximate surface area is 117 Å². The summed E-state index contributed by atoms with van der Waals surface area (Å²) in [5.41, 5.74) is 6.01. The fraction of sp³-hybridized carbons (Fsp3) is 0.500. The Kier molecular flexibility index (Phi) is 5.05. The van der Waals surface area contributed by atoms with Gasteiger partial charge in [-0.3, -0.25) is 9.69 Å². The van der Waals surface area contributed by atoms with Gasteiger partial charge in [0.25, 0.3) is 0 Å². The molecule has 1 aliphatic rings. The average Bonchev–Trinajstić information content (AvgIpc) is 2.41. The normalized spacial score (nSPS) is 21.4. The molecule has 2 rings (SSSR count). The monoisotopic (exact) mass is 281 g/mol. The zero-order chi connectivity index (χ0) is 14.5. The van der Waals surface area contributed by atoms with E-state index in [1.165, 1.54) is 12.1 Å². The summed E-state index contributed by atoms with van der Waals surface area (Å²) >= 11 is 0. The van der Waals surface area contributed by atoms with Crippen LogP contribution in [0.25, 0.3) is 0 Å². The number of carbonyl (C=O) groups is 1. The van der Waals surface area contributed by atoms with E-state index in [9.17, 15) is 9.18 Å². The van der Waals surface area contributed by atoms with Crippen LogP contribution in [0.1, 0.15) is 6.92 Å². The molecule has 1 aromatic rings. The van der Waals surface area contributed by atoms with Gasteiger partial charge in [-0.05, 0) is 19.1 Å². The van der Waals surface area contributed by atoms with Crippen molar-refractivity contribution in [2.24, 2.45) is 5.73 Å². The molecule has 0 spiro atoms. The standard InChI is InChI=1S/C14H20FN3O2/c1-10(16)13-8-18(6-7-20-13)9-14(19)17-12-5-3-2-4-11(12)15/h2-5,10,13H,6-9,16H2,1H3,(H,17,19). The lowest BCUT2D eigenvalue weighted by molar-refractivity contribution is -0.119. The van der Waals surface area contributed by atoms with Gasteiger partial charge in [-0.25, -0.2) is 4.39 Å². The number of nitrogens with one attached hydrogen (secondary N) is 1.